The second kappa shape index (κ2) is 23.4. The Morgan fingerprint density at radius 3 is 2.28 bits per heavy atom. The van der Waals surface area contributed by atoms with E-state index < -0.39 is 17.9 Å². The number of methoxy groups -OCH3 is 1. The predicted molar refractivity (Wildman–Crippen MR) is 264 cm³/mol. The molecular formula is C55H76MgN4O5-2. The molecule has 0 amide bonds. The molecule has 0 saturated carbocycles. The molecule has 350 valence electrons. The summed E-state index contributed by atoms with van der Waals surface area (Å²) in [5.41, 5.74) is 10.1. The minimum atomic E-state index is -1.16. The maximum absolute atomic E-state index is 14.4. The molecule has 2 aromatic heterocycles. The van der Waals surface area contributed by atoms with Crippen LogP contribution in [0.15, 0.2) is 47.2 Å². The van der Waals surface area contributed by atoms with Gasteiger partial charge in [0.05, 0.1) is 7.11 Å². The maximum Gasteiger partial charge on any atom is 2.00 e. The summed E-state index contributed by atoms with van der Waals surface area (Å²) in [5.74, 6) is -0.257. The first-order chi connectivity index (χ1) is 30.6. The van der Waals surface area contributed by atoms with Gasteiger partial charge >= 0.3 is 35.0 Å². The third-order valence-corrected chi connectivity index (χ3v) is 15.0. The maximum atomic E-state index is 14.4. The molecule has 1 saturated heterocycles. The molecule has 2 unspecified atom stereocenters. The zero-order valence-corrected chi connectivity index (χ0v) is 43.1. The topological polar surface area (TPSA) is 126 Å². The number of Topliss-reactive ketones (excluding diaryl/α,β-unsaturated/α-hetero) is 1. The normalized spacial score (nSPS) is 24.8. The number of carbonyl (C=O) groups is 3. The number of ether oxygens (including phenoxy) is 2. The van der Waals surface area contributed by atoms with Gasteiger partial charge in [-0.3, -0.25) is 14.4 Å². The molecule has 0 radical (unpaired) electrons. The van der Waals surface area contributed by atoms with E-state index in [4.69, 9.17) is 30.1 Å². The van der Waals surface area contributed by atoms with Gasteiger partial charge in [-0.15, -0.1) is 40.2 Å². The van der Waals surface area contributed by atoms with Crippen molar-refractivity contribution in [3.05, 3.63) is 102 Å². The third kappa shape index (κ3) is 11.9. The fraction of sp³-hybridized carbons (Fsp3) is 0.618. The zero-order chi connectivity index (χ0) is 46.4. The van der Waals surface area contributed by atoms with Gasteiger partial charge in [0.1, 0.15) is 12.5 Å². The molecule has 4 aliphatic rings. The summed E-state index contributed by atoms with van der Waals surface area (Å²) in [6, 6.07) is -0.985. The molecule has 1 fully saturated rings. The van der Waals surface area contributed by atoms with Gasteiger partial charge in [0.2, 0.25) is 0 Å². The van der Waals surface area contributed by atoms with E-state index in [1.165, 1.54) is 57.6 Å². The predicted octanol–water partition coefficient (Wildman–Crippen LogP) is 10.1. The van der Waals surface area contributed by atoms with E-state index in [0.717, 1.165) is 81.9 Å². The van der Waals surface area contributed by atoms with E-state index in [2.05, 4.69) is 75.0 Å². The van der Waals surface area contributed by atoms with Gasteiger partial charge in [-0.1, -0.05) is 169 Å². The van der Waals surface area contributed by atoms with Crippen LogP contribution in [-0.4, -0.2) is 72.6 Å². The SMILES string of the molecule is C=CC1=C(C)/C2=C/C3[N-]C(C4=c5[n-]/c(c(C)c5C(=O)[C@@H]4C(=O)OC)=C\c4[n-]c(c(C)c4CC)C[C@@H]1[N-]2)[C@@H](CCC(=O)OC/C=C(\C)CCC[C@H](C)CCC[C@H](C)CCCC(C)C)[C@@H]3C.[Mg+2]. The van der Waals surface area contributed by atoms with Gasteiger partial charge in [-0.05, 0) is 77.2 Å². The van der Waals surface area contributed by atoms with E-state index in [1.54, 1.807) is 0 Å². The summed E-state index contributed by atoms with van der Waals surface area (Å²) in [4.78, 5) is 51.7. The van der Waals surface area contributed by atoms with Crippen molar-refractivity contribution in [3.8, 4) is 0 Å². The summed E-state index contributed by atoms with van der Waals surface area (Å²) < 4.78 is 11.1. The van der Waals surface area contributed by atoms with E-state index in [-0.39, 0.29) is 71.8 Å². The Labute approximate surface area is 406 Å². The van der Waals surface area contributed by atoms with Crippen LogP contribution in [0, 0.1) is 49.4 Å². The fourth-order valence-corrected chi connectivity index (χ4v) is 10.9. The number of allylic oxidation sites excluding steroid dienone is 2. The number of carbonyl (C=O) groups excluding carboxylic acids is 3. The van der Waals surface area contributed by atoms with Crippen LogP contribution >= 0.6 is 0 Å². The summed E-state index contributed by atoms with van der Waals surface area (Å²) >= 11 is 0. The number of nitrogens with zero attached hydrogens (tertiary/aromatic N) is 4. The Bertz CT molecular complexity index is 2270. The Balaban J connectivity index is 0.00000793. The van der Waals surface area contributed by atoms with Gasteiger partial charge in [-0.25, -0.2) is 0 Å². The first kappa shape index (κ1) is 52.4. The molecule has 65 heavy (non-hydrogen) atoms. The molecular weight excluding hydrogens is 821 g/mol. The van der Waals surface area contributed by atoms with Crippen molar-refractivity contribution in [3.63, 3.8) is 0 Å². The molecule has 5 heterocycles. The summed E-state index contributed by atoms with van der Waals surface area (Å²) in [5, 5.41) is 11.9. The number of hydrogen-bond acceptors (Lipinski definition) is 5. The average Bonchev–Trinajstić information content (AvgIpc) is 3.99. The average molecular weight is 898 g/mol. The zero-order valence-electron chi connectivity index (χ0n) is 41.6. The Morgan fingerprint density at radius 2 is 1.63 bits per heavy atom. The molecule has 9 nitrogen and oxygen atoms in total. The van der Waals surface area contributed by atoms with E-state index in [1.807, 2.05) is 25.2 Å². The number of hydrogen-bond donors (Lipinski definition) is 0. The van der Waals surface area contributed by atoms with Crippen LogP contribution in [0.4, 0.5) is 0 Å². The van der Waals surface area contributed by atoms with Crippen LogP contribution < -0.4 is 20.7 Å². The van der Waals surface area contributed by atoms with Crippen LogP contribution in [0.1, 0.15) is 164 Å². The van der Waals surface area contributed by atoms with E-state index in [9.17, 15) is 14.4 Å². The van der Waals surface area contributed by atoms with Crippen molar-refractivity contribution in [2.24, 2.45) is 35.5 Å². The number of fused-ring (bicyclic) bond motifs is 8. The fourth-order valence-electron chi connectivity index (χ4n) is 10.9. The van der Waals surface area contributed by atoms with E-state index in [0.29, 0.717) is 34.7 Å². The minimum absolute atomic E-state index is 0. The molecule has 2 aromatic rings. The largest absolute Gasteiger partial charge is 2.00 e. The van der Waals surface area contributed by atoms with E-state index >= 15 is 0 Å². The van der Waals surface area contributed by atoms with Crippen molar-refractivity contribution < 1.29 is 23.9 Å². The van der Waals surface area contributed by atoms with Crippen molar-refractivity contribution in [2.75, 3.05) is 13.7 Å². The van der Waals surface area contributed by atoms with Crippen molar-refractivity contribution in [1.82, 2.24) is 9.97 Å². The number of rotatable bonds is 20. The van der Waals surface area contributed by atoms with Crippen LogP contribution in [0.3, 0.4) is 0 Å². The molecule has 10 heteroatoms. The summed E-state index contributed by atoms with van der Waals surface area (Å²) in [6.07, 6.45) is 21.5. The molecule has 6 rings (SSSR count). The molecule has 8 bridgehead atoms. The Hall–Kier alpha value is -3.60. The second-order valence-corrected chi connectivity index (χ2v) is 20.1. The molecule has 8 atom stereocenters. The van der Waals surface area contributed by atoms with Gasteiger partial charge in [0.25, 0.3) is 0 Å². The van der Waals surface area contributed by atoms with Crippen LogP contribution in [0.2, 0.25) is 0 Å². The van der Waals surface area contributed by atoms with Gasteiger partial charge < -0.3 is 30.1 Å². The van der Waals surface area contributed by atoms with Crippen molar-refractivity contribution in [2.45, 2.75) is 171 Å². The van der Waals surface area contributed by atoms with Crippen molar-refractivity contribution >= 4 is 52.4 Å². The number of ketones is 1. The molecule has 1 aliphatic carbocycles. The number of esters is 2. The summed E-state index contributed by atoms with van der Waals surface area (Å²) in [7, 11) is 1.32. The standard InChI is InChI=1S/C55H77N4O5.Mg/c1-13-39-35(8)42-28-44-37(10)41(24-25-48(60)64-27-26-34(7)23-17-22-33(6)21-16-20-32(5)19-15-18-31(3)4)52(58-44)50-51(55(62)63-12)54(61)49-38(11)45(59-53(49)50)30-47-40(14-2)36(9)43(57-47)29-46(39)56-42;/h13,26,28,30-33,37,41,44,46,51-52H,1,14-25,27,29H2,2-12H3,(H,57,61);/q-3;+2/p-1/b34-26+,42-28-;/t32-,33-,37+,41+,44?,46+,51-,52?;/m1./s1. The molecule has 0 aromatic carbocycles. The first-order valence-electron chi connectivity index (χ1n) is 24.5. The molecule has 0 N–H and O–H groups in total. The monoisotopic (exact) mass is 897 g/mol. The summed E-state index contributed by atoms with van der Waals surface area (Å²) in [6.45, 7) is 26.3. The van der Waals surface area contributed by atoms with Crippen LogP contribution in [0.25, 0.3) is 22.3 Å². The van der Waals surface area contributed by atoms with Gasteiger partial charge in [0.15, 0.2) is 5.78 Å². The molecule has 0 spiro atoms. The smallest absolute Gasteiger partial charge is 0.678 e. The Kier molecular flexibility index (Phi) is 18.9. The third-order valence-electron chi connectivity index (χ3n) is 15.0. The molecule has 3 aliphatic heterocycles. The first-order valence-corrected chi connectivity index (χ1v) is 24.5. The minimum Gasteiger partial charge on any atom is -0.678 e. The van der Waals surface area contributed by atoms with Crippen LogP contribution in [-0.2, 0) is 31.9 Å². The van der Waals surface area contributed by atoms with Gasteiger partial charge in [0, 0.05) is 12.0 Å². The second-order valence-electron chi connectivity index (χ2n) is 20.1. The quantitative estimate of drug-likeness (QED) is 0.0561. The van der Waals surface area contributed by atoms with Gasteiger partial charge in [-0.2, -0.15) is 5.69 Å². The number of aromatic nitrogens is 2. The Morgan fingerprint density at radius 1 is 0.954 bits per heavy atom. The van der Waals surface area contributed by atoms with Crippen molar-refractivity contribution in [1.29, 1.82) is 0 Å². The van der Waals surface area contributed by atoms with Crippen LogP contribution in [0.5, 0.6) is 0 Å².